The SMILES string of the molecule is CC(C)S(=O)(=O)NC(=O)Nc1ccc(Br)cc1.[H-].[Na+]. The van der Waals surface area contributed by atoms with Crippen LogP contribution in [0.1, 0.15) is 15.3 Å². The Morgan fingerprint density at radius 2 is 1.78 bits per heavy atom. The fourth-order valence-corrected chi connectivity index (χ4v) is 1.75. The number of nitrogens with one attached hydrogen (secondary N) is 2. The van der Waals surface area contributed by atoms with Crippen molar-refractivity contribution in [1.29, 1.82) is 0 Å². The molecular formula is C10H14BrN2NaO3S. The molecule has 0 aliphatic rings. The molecule has 0 fully saturated rings. The third-order valence-electron chi connectivity index (χ3n) is 1.96. The Bertz CT molecular complexity index is 508. The number of halogens is 1. The minimum absolute atomic E-state index is 0. The summed E-state index contributed by atoms with van der Waals surface area (Å²) in [5.41, 5.74) is 0.518. The topological polar surface area (TPSA) is 75.3 Å². The van der Waals surface area contributed by atoms with Crippen LogP contribution in [0.3, 0.4) is 0 Å². The molecule has 0 atom stereocenters. The second-order valence-corrected chi connectivity index (χ2v) is 6.81. The Balaban J connectivity index is 0. The Labute approximate surface area is 139 Å². The molecule has 0 aliphatic carbocycles. The molecule has 2 N–H and O–H groups in total. The third kappa shape index (κ3) is 5.71. The first-order valence-corrected chi connectivity index (χ1v) is 7.23. The maximum Gasteiger partial charge on any atom is 1.00 e. The molecular weight excluding hydrogens is 331 g/mol. The monoisotopic (exact) mass is 344 g/mol. The minimum Gasteiger partial charge on any atom is -1.00 e. The Morgan fingerprint density at radius 1 is 1.28 bits per heavy atom. The van der Waals surface area contributed by atoms with Crippen LogP contribution < -0.4 is 39.6 Å². The second-order valence-electron chi connectivity index (χ2n) is 3.66. The van der Waals surface area contributed by atoms with Crippen molar-refractivity contribution >= 4 is 37.7 Å². The van der Waals surface area contributed by atoms with Crippen molar-refractivity contribution in [2.45, 2.75) is 19.1 Å². The van der Waals surface area contributed by atoms with E-state index < -0.39 is 21.3 Å². The summed E-state index contributed by atoms with van der Waals surface area (Å²) in [5.74, 6) is 0. The van der Waals surface area contributed by atoms with E-state index in [2.05, 4.69) is 21.2 Å². The van der Waals surface area contributed by atoms with Gasteiger partial charge in [0.15, 0.2) is 0 Å². The second kappa shape index (κ2) is 7.49. The summed E-state index contributed by atoms with van der Waals surface area (Å²) in [7, 11) is -3.60. The van der Waals surface area contributed by atoms with Crippen LogP contribution in [0.25, 0.3) is 0 Å². The molecule has 96 valence electrons. The van der Waals surface area contributed by atoms with Crippen molar-refractivity contribution in [3.8, 4) is 0 Å². The van der Waals surface area contributed by atoms with Crippen LogP contribution in [0.5, 0.6) is 0 Å². The van der Waals surface area contributed by atoms with Crippen LogP contribution in [0, 0.1) is 0 Å². The standard InChI is InChI=1S/C10H13BrN2O3S.Na.H/c1-7(2)17(15,16)13-10(14)12-9-5-3-8(11)4-6-9;;/h3-7H,1-2H3,(H2,12,13,14);;/q;+1;-1. The third-order valence-corrected chi connectivity index (χ3v) is 4.20. The fraction of sp³-hybridized carbons (Fsp3) is 0.300. The summed E-state index contributed by atoms with van der Waals surface area (Å²) in [6.07, 6.45) is 0. The van der Waals surface area contributed by atoms with E-state index in [0.717, 1.165) is 4.47 Å². The van der Waals surface area contributed by atoms with Gasteiger partial charge >= 0.3 is 35.6 Å². The van der Waals surface area contributed by atoms with Gasteiger partial charge in [-0.2, -0.15) is 0 Å². The molecule has 0 spiro atoms. The van der Waals surface area contributed by atoms with E-state index in [9.17, 15) is 13.2 Å². The van der Waals surface area contributed by atoms with Gasteiger partial charge in [-0.05, 0) is 38.1 Å². The molecule has 0 unspecified atom stereocenters. The molecule has 8 heteroatoms. The Hall–Kier alpha value is -0.0800. The van der Waals surface area contributed by atoms with Crippen molar-refractivity contribution < 1.29 is 44.2 Å². The van der Waals surface area contributed by atoms with Gasteiger partial charge in [-0.25, -0.2) is 17.9 Å². The molecule has 1 aromatic carbocycles. The zero-order valence-corrected chi connectivity index (χ0v) is 14.8. The molecule has 5 nitrogen and oxygen atoms in total. The van der Waals surface area contributed by atoms with Crippen molar-refractivity contribution in [3.05, 3.63) is 28.7 Å². The first-order valence-electron chi connectivity index (χ1n) is 4.89. The summed E-state index contributed by atoms with van der Waals surface area (Å²) in [6.45, 7) is 2.99. The number of sulfonamides is 1. The minimum atomic E-state index is -3.60. The molecule has 18 heavy (non-hydrogen) atoms. The van der Waals surface area contributed by atoms with Gasteiger partial charge in [0.1, 0.15) is 0 Å². The van der Waals surface area contributed by atoms with E-state index >= 15 is 0 Å². The van der Waals surface area contributed by atoms with Crippen LogP contribution in [-0.2, 0) is 10.0 Å². The molecule has 0 saturated carbocycles. The van der Waals surface area contributed by atoms with Crippen LogP contribution in [0.15, 0.2) is 28.7 Å². The normalized spacial score (nSPS) is 10.7. The van der Waals surface area contributed by atoms with Gasteiger partial charge in [0, 0.05) is 10.2 Å². The molecule has 0 aliphatic heterocycles. The van der Waals surface area contributed by atoms with Crippen LogP contribution in [0.4, 0.5) is 10.5 Å². The number of amides is 2. The van der Waals surface area contributed by atoms with Crippen molar-refractivity contribution in [2.75, 3.05) is 5.32 Å². The predicted molar refractivity (Wildman–Crippen MR) is 71.5 cm³/mol. The van der Waals surface area contributed by atoms with Gasteiger partial charge in [-0.15, -0.1) is 0 Å². The first kappa shape index (κ1) is 17.9. The number of urea groups is 1. The van der Waals surface area contributed by atoms with E-state index in [4.69, 9.17) is 0 Å². The quantitative estimate of drug-likeness (QED) is 0.721. The largest absolute Gasteiger partial charge is 1.00 e. The summed E-state index contributed by atoms with van der Waals surface area (Å²) < 4.78 is 25.6. The average molecular weight is 345 g/mol. The van der Waals surface area contributed by atoms with Gasteiger partial charge in [0.2, 0.25) is 10.0 Å². The average Bonchev–Trinajstić information content (AvgIpc) is 2.20. The van der Waals surface area contributed by atoms with Gasteiger partial charge in [0.05, 0.1) is 5.25 Å². The fourth-order valence-electron chi connectivity index (χ4n) is 0.937. The zero-order valence-electron chi connectivity index (χ0n) is 11.4. The van der Waals surface area contributed by atoms with Gasteiger partial charge in [0.25, 0.3) is 0 Å². The number of anilines is 1. The zero-order chi connectivity index (χ0) is 13.1. The van der Waals surface area contributed by atoms with Gasteiger partial charge in [-0.3, -0.25) is 0 Å². The van der Waals surface area contributed by atoms with E-state index in [1.54, 1.807) is 24.3 Å². The number of hydrogen-bond donors (Lipinski definition) is 2. The van der Waals surface area contributed by atoms with Crippen LogP contribution in [0.2, 0.25) is 0 Å². The Kier molecular flexibility index (Phi) is 7.46. The molecule has 1 aromatic rings. The molecule has 0 saturated heterocycles. The summed E-state index contributed by atoms with van der Waals surface area (Å²) >= 11 is 3.26. The van der Waals surface area contributed by atoms with Crippen molar-refractivity contribution in [1.82, 2.24) is 4.72 Å². The molecule has 0 aromatic heterocycles. The number of carbonyl (C=O) groups is 1. The number of carbonyl (C=O) groups excluding carboxylic acids is 1. The maximum absolute atomic E-state index is 11.4. The van der Waals surface area contributed by atoms with E-state index in [0.29, 0.717) is 5.69 Å². The summed E-state index contributed by atoms with van der Waals surface area (Å²) in [5, 5.41) is 1.78. The molecule has 0 heterocycles. The number of benzene rings is 1. The molecule has 2 amide bonds. The number of hydrogen-bond acceptors (Lipinski definition) is 3. The van der Waals surface area contributed by atoms with Crippen molar-refractivity contribution in [3.63, 3.8) is 0 Å². The summed E-state index contributed by atoms with van der Waals surface area (Å²) in [6, 6.07) is 6.04. The molecule has 0 bridgehead atoms. The first-order chi connectivity index (χ1) is 7.81. The summed E-state index contributed by atoms with van der Waals surface area (Å²) in [4.78, 5) is 11.4. The van der Waals surface area contributed by atoms with Crippen molar-refractivity contribution in [2.24, 2.45) is 0 Å². The van der Waals surface area contributed by atoms with Crippen LogP contribution in [-0.4, -0.2) is 19.7 Å². The van der Waals surface area contributed by atoms with Gasteiger partial charge < -0.3 is 6.74 Å². The van der Waals surface area contributed by atoms with E-state index in [1.165, 1.54) is 13.8 Å². The predicted octanol–water partition coefficient (Wildman–Crippen LogP) is -0.575. The van der Waals surface area contributed by atoms with E-state index in [1.807, 2.05) is 4.72 Å². The molecule has 1 rings (SSSR count). The van der Waals surface area contributed by atoms with Gasteiger partial charge in [-0.1, -0.05) is 15.9 Å². The Morgan fingerprint density at radius 3 is 2.22 bits per heavy atom. The smallest absolute Gasteiger partial charge is 1.00 e. The van der Waals surface area contributed by atoms with Crippen LogP contribution >= 0.6 is 15.9 Å². The maximum atomic E-state index is 11.4. The molecule has 0 radical (unpaired) electrons. The number of rotatable bonds is 3. The van der Waals surface area contributed by atoms with E-state index in [-0.39, 0.29) is 31.0 Å².